The molecular formula is C22H12I5O9S-. The van der Waals surface area contributed by atoms with E-state index in [1.807, 2.05) is 0 Å². The van der Waals surface area contributed by atoms with E-state index in [2.05, 4.69) is 113 Å². The Morgan fingerprint density at radius 3 is 2.05 bits per heavy atom. The highest BCUT2D eigenvalue weighted by Gasteiger charge is 2.70. The zero-order chi connectivity index (χ0) is 27.0. The third-order valence-corrected chi connectivity index (χ3v) is 17.2. The molecule has 1 heterocycles. The first kappa shape index (κ1) is 28.9. The van der Waals surface area contributed by atoms with Gasteiger partial charge in [0.2, 0.25) is 0 Å². The molecule has 196 valence electrons. The van der Waals surface area contributed by atoms with E-state index in [4.69, 9.17) is 14.2 Å². The van der Waals surface area contributed by atoms with Gasteiger partial charge in [0.1, 0.15) is 28.1 Å². The Labute approximate surface area is 279 Å². The van der Waals surface area contributed by atoms with Crippen LogP contribution in [-0.4, -0.2) is 43.1 Å². The predicted octanol–water partition coefficient (Wildman–Crippen LogP) is 4.55. The third-order valence-electron chi connectivity index (χ3n) is 6.81. The molecule has 1 aliphatic heterocycles. The van der Waals surface area contributed by atoms with E-state index in [1.54, 1.807) is 0 Å². The molecular weight excluding hydrogens is 1070 g/mol. The van der Waals surface area contributed by atoms with Crippen LogP contribution in [-0.2, 0) is 29.2 Å². The minimum atomic E-state index is -4.64. The van der Waals surface area contributed by atoms with E-state index >= 15 is 0 Å². The van der Waals surface area contributed by atoms with Gasteiger partial charge in [-0.1, -0.05) is 0 Å². The van der Waals surface area contributed by atoms with Gasteiger partial charge in [0.15, 0.2) is 0 Å². The molecule has 5 rings (SSSR count). The second-order valence-corrected chi connectivity index (χ2v) is 15.5. The fourth-order valence-corrected chi connectivity index (χ4v) is 11.0. The highest BCUT2D eigenvalue weighted by molar-refractivity contribution is 14.1. The number of fused-ring (bicyclic) bond motifs is 1. The van der Waals surface area contributed by atoms with Gasteiger partial charge in [-0.05, 0) is 144 Å². The Hall–Kier alpha value is 0.410. The molecule has 3 fully saturated rings. The Kier molecular flexibility index (Phi) is 8.34. The fourth-order valence-electron chi connectivity index (χ4n) is 5.29. The molecule has 0 N–H and O–H groups in total. The largest absolute Gasteiger partial charge is 0.744 e. The Balaban J connectivity index is 1.40. The topological polar surface area (TPSA) is 136 Å². The summed E-state index contributed by atoms with van der Waals surface area (Å²) in [5.74, 6) is -4.04. The van der Waals surface area contributed by atoms with Crippen LogP contribution < -0.4 is 4.74 Å². The van der Waals surface area contributed by atoms with Crippen molar-refractivity contribution in [3.63, 3.8) is 0 Å². The van der Waals surface area contributed by atoms with E-state index in [9.17, 15) is 27.4 Å². The first-order valence-corrected chi connectivity index (χ1v) is 17.3. The normalized spacial score (nSPS) is 27.8. The predicted molar refractivity (Wildman–Crippen MR) is 168 cm³/mol. The van der Waals surface area contributed by atoms with Crippen molar-refractivity contribution in [1.82, 2.24) is 0 Å². The first-order valence-electron chi connectivity index (χ1n) is 10.5. The number of benzene rings is 2. The standard InChI is InChI=1S/C22H13I5O9S/c23-13-12(14(24)16(26)17(27)15(13)25)22(30)36-19-8-5-9-11(21(29)35-18(9)19)10(8)20(28)34-6-1-3-7(4-2-6)37(31,32)33/h1-4,8-11,18-19H,5H2,(H,31,32,33)/p-1. The zero-order valence-corrected chi connectivity index (χ0v) is 29.6. The number of hydrogen-bond donors (Lipinski definition) is 0. The molecule has 1 saturated heterocycles. The summed E-state index contributed by atoms with van der Waals surface area (Å²) >= 11 is 10.9. The molecule has 37 heavy (non-hydrogen) atoms. The molecule has 2 bridgehead atoms. The minimum Gasteiger partial charge on any atom is -0.744 e. The van der Waals surface area contributed by atoms with E-state index in [-0.39, 0.29) is 11.7 Å². The summed E-state index contributed by atoms with van der Waals surface area (Å²) in [6.07, 6.45) is -0.941. The lowest BCUT2D eigenvalue weighted by atomic mass is 9.78. The van der Waals surface area contributed by atoms with Crippen molar-refractivity contribution in [2.75, 3.05) is 0 Å². The third kappa shape index (κ3) is 5.05. The SMILES string of the molecule is O=C(OC1C2CC3C1OC(=O)C3C2C(=O)Oc1ccc(S(=O)(=O)[O-])cc1)c1c(I)c(I)c(I)c(I)c1I. The zero-order valence-electron chi connectivity index (χ0n) is 18.0. The van der Waals surface area contributed by atoms with Crippen LogP contribution in [0.15, 0.2) is 29.2 Å². The maximum absolute atomic E-state index is 13.4. The molecule has 3 aliphatic rings. The van der Waals surface area contributed by atoms with E-state index in [0.717, 1.165) is 30.0 Å². The Morgan fingerprint density at radius 1 is 0.919 bits per heavy atom. The van der Waals surface area contributed by atoms with Gasteiger partial charge in [0, 0.05) is 29.7 Å². The summed E-state index contributed by atoms with van der Waals surface area (Å²) in [5, 5.41) is 0. The molecule has 2 aromatic rings. The van der Waals surface area contributed by atoms with Gasteiger partial charge in [0.05, 0.1) is 22.3 Å². The van der Waals surface area contributed by atoms with Gasteiger partial charge in [-0.3, -0.25) is 9.59 Å². The molecule has 15 heteroatoms. The number of hydrogen-bond acceptors (Lipinski definition) is 9. The molecule has 0 radical (unpaired) electrons. The number of ether oxygens (including phenoxy) is 3. The van der Waals surface area contributed by atoms with Crippen LogP contribution in [0.5, 0.6) is 5.75 Å². The van der Waals surface area contributed by atoms with Gasteiger partial charge in [0.25, 0.3) is 0 Å². The summed E-state index contributed by atoms with van der Waals surface area (Å²) in [5.41, 5.74) is 0.437. The summed E-state index contributed by atoms with van der Waals surface area (Å²) in [6, 6.07) is 4.49. The van der Waals surface area contributed by atoms with Gasteiger partial charge in [-0.2, -0.15) is 0 Å². The second-order valence-electron chi connectivity index (χ2n) is 8.68. The molecule has 6 unspecified atom stereocenters. The van der Waals surface area contributed by atoms with E-state index in [0.29, 0.717) is 12.0 Å². The number of carbonyl (C=O) groups excluding carboxylic acids is 3. The molecule has 0 amide bonds. The molecule has 2 aromatic carbocycles. The van der Waals surface area contributed by atoms with Crippen LogP contribution >= 0.6 is 113 Å². The highest BCUT2D eigenvalue weighted by Crippen LogP contribution is 2.59. The van der Waals surface area contributed by atoms with Crippen LogP contribution in [0, 0.1) is 41.5 Å². The summed E-state index contributed by atoms with van der Waals surface area (Å²) in [4.78, 5) is 38.8. The van der Waals surface area contributed by atoms with E-state index in [1.165, 1.54) is 12.1 Å². The monoisotopic (exact) mass is 1090 g/mol. The van der Waals surface area contributed by atoms with Crippen molar-refractivity contribution in [1.29, 1.82) is 0 Å². The van der Waals surface area contributed by atoms with Crippen molar-refractivity contribution >= 4 is 141 Å². The maximum atomic E-state index is 13.4. The van der Waals surface area contributed by atoms with Crippen LogP contribution in [0.1, 0.15) is 16.8 Å². The number of halogens is 5. The van der Waals surface area contributed by atoms with Crippen LogP contribution in [0.25, 0.3) is 0 Å². The lowest BCUT2D eigenvalue weighted by Gasteiger charge is -2.30. The highest BCUT2D eigenvalue weighted by atomic mass is 127. The average molecular weight is 1090 g/mol. The lowest BCUT2D eigenvalue weighted by Crippen LogP contribution is -2.44. The lowest BCUT2D eigenvalue weighted by molar-refractivity contribution is -0.149. The van der Waals surface area contributed by atoms with Crippen LogP contribution in [0.3, 0.4) is 0 Å². The van der Waals surface area contributed by atoms with Crippen molar-refractivity contribution in [3.8, 4) is 5.75 Å². The quantitative estimate of drug-likeness (QED) is 0.106. The first-order chi connectivity index (χ1) is 17.3. The summed E-state index contributed by atoms with van der Waals surface area (Å²) < 4.78 is 54.9. The molecule has 2 aliphatic carbocycles. The molecule has 2 saturated carbocycles. The minimum absolute atomic E-state index is 0.0313. The van der Waals surface area contributed by atoms with E-state index < -0.39 is 62.9 Å². The second kappa shape index (κ2) is 10.7. The number of rotatable bonds is 5. The average Bonchev–Trinajstić information content (AvgIpc) is 3.45. The van der Waals surface area contributed by atoms with Crippen molar-refractivity contribution < 1.29 is 41.6 Å². The Bertz CT molecular complexity index is 1430. The Morgan fingerprint density at radius 2 is 1.49 bits per heavy atom. The fraction of sp³-hybridized carbons (Fsp3) is 0.318. The van der Waals surface area contributed by atoms with Gasteiger partial charge < -0.3 is 18.8 Å². The van der Waals surface area contributed by atoms with Gasteiger partial charge in [-0.25, -0.2) is 13.2 Å². The van der Waals surface area contributed by atoms with Crippen molar-refractivity contribution in [2.24, 2.45) is 23.7 Å². The molecule has 0 spiro atoms. The summed E-state index contributed by atoms with van der Waals surface area (Å²) in [7, 11) is -4.64. The molecule has 6 atom stereocenters. The van der Waals surface area contributed by atoms with Gasteiger partial charge >= 0.3 is 17.9 Å². The molecule has 0 aromatic heterocycles. The number of carbonyl (C=O) groups is 3. The van der Waals surface area contributed by atoms with Gasteiger partial charge in [-0.15, -0.1) is 0 Å². The smallest absolute Gasteiger partial charge is 0.340 e. The van der Waals surface area contributed by atoms with Crippen molar-refractivity contribution in [3.05, 3.63) is 47.7 Å². The maximum Gasteiger partial charge on any atom is 0.340 e. The number of esters is 3. The summed E-state index contributed by atoms with van der Waals surface area (Å²) in [6.45, 7) is 0. The van der Waals surface area contributed by atoms with Crippen LogP contribution in [0.2, 0.25) is 0 Å². The van der Waals surface area contributed by atoms with Crippen molar-refractivity contribution in [2.45, 2.75) is 23.5 Å². The van der Waals surface area contributed by atoms with Crippen LogP contribution in [0.4, 0.5) is 0 Å². The molecule has 9 nitrogen and oxygen atoms in total.